The average Bonchev–Trinajstić information content (AvgIpc) is 2.97. The van der Waals surface area contributed by atoms with Crippen LogP contribution in [0.1, 0.15) is 84.8 Å². The van der Waals surface area contributed by atoms with Gasteiger partial charge in [-0.05, 0) is 71.8 Å². The fourth-order valence-corrected chi connectivity index (χ4v) is 5.53. The number of ether oxygens (including phenoxy) is 2. The number of hydrogen-bond donors (Lipinski definition) is 1. The van der Waals surface area contributed by atoms with E-state index in [1.165, 1.54) is 16.0 Å². The summed E-state index contributed by atoms with van der Waals surface area (Å²) in [6.45, 7) is 18.7. The van der Waals surface area contributed by atoms with Crippen molar-refractivity contribution in [3.63, 3.8) is 0 Å². The minimum absolute atomic E-state index is 0.123. The number of rotatable bonds is 20. The fraction of sp³-hybridized carbons (Fsp3) is 0.727. The number of aryl methyl sites for hydroxylation is 2. The van der Waals surface area contributed by atoms with Crippen LogP contribution in [0.4, 0.5) is 4.79 Å². The van der Waals surface area contributed by atoms with Gasteiger partial charge in [0.1, 0.15) is 6.61 Å². The molecule has 1 aliphatic heterocycles. The molecule has 238 valence electrons. The predicted octanol–water partition coefficient (Wildman–Crippen LogP) is 5.00. The lowest BCUT2D eigenvalue weighted by atomic mass is 9.72. The van der Waals surface area contributed by atoms with Crippen molar-refractivity contribution in [3.05, 3.63) is 35.4 Å². The van der Waals surface area contributed by atoms with Crippen molar-refractivity contribution >= 4 is 17.8 Å². The highest BCUT2D eigenvalue weighted by molar-refractivity contribution is 6.03. The SMILES string of the molecule is CCCN(CCN(CCOCC)C(C)C)C(=O)COC1N(C(=O)NCCCCc2ccc(C)cc2)C(=O)C1(CC)CC. The fourth-order valence-electron chi connectivity index (χ4n) is 5.53. The monoisotopic (exact) mass is 588 g/mol. The van der Waals surface area contributed by atoms with Gasteiger partial charge in [-0.25, -0.2) is 9.69 Å². The van der Waals surface area contributed by atoms with E-state index in [4.69, 9.17) is 9.47 Å². The van der Waals surface area contributed by atoms with E-state index in [0.717, 1.165) is 38.8 Å². The Morgan fingerprint density at radius 1 is 1.00 bits per heavy atom. The molecule has 1 N–H and O–H groups in total. The molecule has 0 bridgehead atoms. The van der Waals surface area contributed by atoms with E-state index in [0.29, 0.717) is 51.7 Å². The third kappa shape index (κ3) is 9.78. The summed E-state index contributed by atoms with van der Waals surface area (Å²) in [6, 6.07) is 8.38. The second kappa shape index (κ2) is 18.2. The van der Waals surface area contributed by atoms with E-state index in [1.54, 1.807) is 0 Å². The minimum atomic E-state index is -0.785. The minimum Gasteiger partial charge on any atom is -0.380 e. The first kappa shape index (κ1) is 35.7. The standard InChI is InChI=1S/C33H56N4O5/c1-8-20-36(22-21-35(26(5)6)23-24-41-11-4)29(38)25-42-31-33(9-2,10-3)30(39)37(31)32(40)34-19-13-12-14-28-17-15-27(7)16-18-28/h15-18,26,31H,8-14,19-25H2,1-7H3,(H,34,40). The van der Waals surface area contributed by atoms with Crippen molar-refractivity contribution in [2.45, 2.75) is 99.3 Å². The molecule has 4 amide bonds. The summed E-state index contributed by atoms with van der Waals surface area (Å²) < 4.78 is 11.6. The lowest BCUT2D eigenvalue weighted by molar-refractivity contribution is -0.212. The van der Waals surface area contributed by atoms with Gasteiger partial charge in [0.2, 0.25) is 11.8 Å². The highest BCUT2D eigenvalue weighted by Gasteiger charge is 2.62. The molecule has 0 spiro atoms. The largest absolute Gasteiger partial charge is 0.380 e. The first-order valence-electron chi connectivity index (χ1n) is 16.0. The molecule has 1 unspecified atom stereocenters. The van der Waals surface area contributed by atoms with Crippen LogP contribution in [0.3, 0.4) is 0 Å². The van der Waals surface area contributed by atoms with Crippen LogP contribution in [0.2, 0.25) is 0 Å². The lowest BCUT2D eigenvalue weighted by Crippen LogP contribution is -2.72. The number of amides is 4. The second-order valence-electron chi connectivity index (χ2n) is 11.6. The van der Waals surface area contributed by atoms with Gasteiger partial charge in [-0.15, -0.1) is 0 Å². The van der Waals surface area contributed by atoms with Gasteiger partial charge >= 0.3 is 6.03 Å². The third-order valence-electron chi connectivity index (χ3n) is 8.45. The zero-order valence-corrected chi connectivity index (χ0v) is 27.2. The quantitative estimate of drug-likeness (QED) is 0.170. The highest BCUT2D eigenvalue weighted by atomic mass is 16.5. The zero-order valence-electron chi connectivity index (χ0n) is 27.2. The Morgan fingerprint density at radius 2 is 1.69 bits per heavy atom. The molecule has 9 nitrogen and oxygen atoms in total. The molecule has 0 saturated carbocycles. The molecule has 42 heavy (non-hydrogen) atoms. The Balaban J connectivity index is 1.93. The summed E-state index contributed by atoms with van der Waals surface area (Å²) in [7, 11) is 0. The average molecular weight is 589 g/mol. The van der Waals surface area contributed by atoms with E-state index in [1.807, 2.05) is 32.6 Å². The molecule has 0 radical (unpaired) electrons. The number of β-lactam (4-membered cyclic amide) rings is 1. The summed E-state index contributed by atoms with van der Waals surface area (Å²) in [4.78, 5) is 44.9. The predicted molar refractivity (Wildman–Crippen MR) is 167 cm³/mol. The van der Waals surface area contributed by atoms with E-state index in [-0.39, 0.29) is 18.4 Å². The van der Waals surface area contributed by atoms with Crippen molar-refractivity contribution in [2.75, 3.05) is 52.5 Å². The van der Waals surface area contributed by atoms with Crippen LogP contribution >= 0.6 is 0 Å². The first-order valence-corrected chi connectivity index (χ1v) is 16.0. The van der Waals surface area contributed by atoms with Crippen LogP contribution in [0.5, 0.6) is 0 Å². The smallest absolute Gasteiger partial charge is 0.326 e. The van der Waals surface area contributed by atoms with Crippen LogP contribution in [0.15, 0.2) is 24.3 Å². The number of nitrogens with one attached hydrogen (secondary N) is 1. The van der Waals surface area contributed by atoms with E-state index < -0.39 is 17.7 Å². The number of carbonyl (C=O) groups excluding carboxylic acids is 3. The van der Waals surface area contributed by atoms with Gasteiger partial charge in [0.25, 0.3) is 0 Å². The first-order chi connectivity index (χ1) is 20.1. The molecule has 0 aromatic heterocycles. The number of imide groups is 1. The number of carbonyl (C=O) groups is 3. The molecule has 1 aliphatic rings. The van der Waals surface area contributed by atoms with Gasteiger partial charge in [-0.1, -0.05) is 50.6 Å². The van der Waals surface area contributed by atoms with Crippen LogP contribution in [-0.4, -0.2) is 97.4 Å². The molecular weight excluding hydrogens is 532 g/mol. The van der Waals surface area contributed by atoms with Gasteiger partial charge in [0.05, 0.1) is 12.0 Å². The van der Waals surface area contributed by atoms with Gasteiger partial charge in [-0.3, -0.25) is 14.5 Å². The molecular formula is C33H56N4O5. The van der Waals surface area contributed by atoms with Crippen molar-refractivity contribution in [3.8, 4) is 0 Å². The van der Waals surface area contributed by atoms with E-state index in [9.17, 15) is 14.4 Å². The number of hydrogen-bond acceptors (Lipinski definition) is 6. The Hall–Kier alpha value is -2.49. The molecule has 9 heteroatoms. The maximum atomic E-state index is 13.3. The van der Waals surface area contributed by atoms with Crippen molar-refractivity contribution in [2.24, 2.45) is 5.41 Å². The number of unbranched alkanes of at least 4 members (excludes halogenated alkanes) is 1. The Morgan fingerprint density at radius 3 is 2.29 bits per heavy atom. The third-order valence-corrected chi connectivity index (χ3v) is 8.45. The van der Waals surface area contributed by atoms with E-state index in [2.05, 4.69) is 55.3 Å². The molecule has 1 saturated heterocycles. The van der Waals surface area contributed by atoms with Crippen LogP contribution in [0.25, 0.3) is 0 Å². The molecule has 1 atom stereocenters. The summed E-state index contributed by atoms with van der Waals surface area (Å²) in [5.41, 5.74) is 1.73. The van der Waals surface area contributed by atoms with Crippen LogP contribution < -0.4 is 5.32 Å². The zero-order chi connectivity index (χ0) is 31.1. The van der Waals surface area contributed by atoms with Crippen molar-refractivity contribution in [1.82, 2.24) is 20.0 Å². The van der Waals surface area contributed by atoms with Crippen LogP contribution in [-0.2, 0) is 25.5 Å². The summed E-state index contributed by atoms with van der Waals surface area (Å²) >= 11 is 0. The lowest BCUT2D eigenvalue weighted by Gasteiger charge is -2.53. The highest BCUT2D eigenvalue weighted by Crippen LogP contribution is 2.45. The Kier molecular flexibility index (Phi) is 15.5. The van der Waals surface area contributed by atoms with Gasteiger partial charge in [-0.2, -0.15) is 0 Å². The number of likely N-dealkylation sites (tertiary alicyclic amines) is 1. The summed E-state index contributed by atoms with van der Waals surface area (Å²) in [5, 5.41) is 2.90. The normalized spacial score (nSPS) is 16.2. The molecule has 2 rings (SSSR count). The molecule has 1 aromatic rings. The van der Waals surface area contributed by atoms with Gasteiger partial charge in [0, 0.05) is 45.4 Å². The van der Waals surface area contributed by atoms with Gasteiger partial charge in [0.15, 0.2) is 6.23 Å². The van der Waals surface area contributed by atoms with Crippen LogP contribution in [0, 0.1) is 12.3 Å². The topological polar surface area (TPSA) is 91.4 Å². The molecule has 0 aliphatic carbocycles. The molecule has 1 aromatic carbocycles. The second-order valence-corrected chi connectivity index (χ2v) is 11.6. The van der Waals surface area contributed by atoms with Crippen molar-refractivity contribution < 1.29 is 23.9 Å². The number of benzene rings is 1. The van der Waals surface area contributed by atoms with Gasteiger partial charge < -0.3 is 19.7 Å². The number of nitrogens with zero attached hydrogens (tertiary/aromatic N) is 3. The maximum Gasteiger partial charge on any atom is 0.326 e. The molecule has 1 heterocycles. The summed E-state index contributed by atoms with van der Waals surface area (Å²) in [5.74, 6) is -0.350. The summed E-state index contributed by atoms with van der Waals surface area (Å²) in [6.07, 6.45) is 3.86. The Bertz CT molecular complexity index is 964. The molecule has 1 fully saturated rings. The number of urea groups is 1. The maximum absolute atomic E-state index is 13.3. The van der Waals surface area contributed by atoms with E-state index >= 15 is 0 Å². The Labute approximate surface area is 254 Å². The van der Waals surface area contributed by atoms with Crippen molar-refractivity contribution in [1.29, 1.82) is 0 Å².